The molecule has 9 amide bonds. The van der Waals surface area contributed by atoms with Crippen molar-refractivity contribution in [3.63, 3.8) is 0 Å². The standard InChI is InChI=1S/C63H66I9N9O21/c1-13-16-75(10)57(90)35-25-36(81(72)58(91)39(102-34(9)87)28-99-31(6)84)46(65)40(45(35)64)61(94)78-19-21-79(62(95)43-47(66)41(59(92)76(11)17-14-2)49(68)53(51(43)70)73-55(88)37(100-32(7)85)26-97-29(4)82)23-24-80(22-20-78)63(96)44-48(67)42(60(93)77(12)18-15-3)50(69)54(52(44)71)74-56(89)38(101-33(8)86)27-98-30(5)83/h13-15,25,37-39H,1-3,16-24,26-28H2,4-12H3,(H,73,88)(H,74,89). The Morgan fingerprint density at radius 1 is 0.422 bits per heavy atom. The monoisotopic (exact) mass is 2430 g/mol. The van der Waals surface area contributed by atoms with E-state index in [2.05, 4.69) is 30.4 Å². The number of esters is 6. The van der Waals surface area contributed by atoms with Crippen LogP contribution >= 0.6 is 204 Å². The Labute approximate surface area is 709 Å². The second-order valence-electron chi connectivity index (χ2n) is 21.7. The zero-order chi connectivity index (χ0) is 77.2. The van der Waals surface area contributed by atoms with E-state index in [9.17, 15) is 57.5 Å². The van der Waals surface area contributed by atoms with E-state index in [1.54, 1.807) is 22.9 Å². The number of carbonyl (C=O) groups is 15. The third kappa shape index (κ3) is 23.5. The first-order valence-corrected chi connectivity index (χ1v) is 39.2. The van der Waals surface area contributed by atoms with Crippen LogP contribution < -0.4 is 13.7 Å². The minimum Gasteiger partial charge on any atom is -0.461 e. The van der Waals surface area contributed by atoms with Crippen molar-refractivity contribution >= 4 is 310 Å². The number of hydrogen-bond donors (Lipinski definition) is 2. The number of nitrogens with zero attached hydrogens (tertiary/aromatic N) is 7. The van der Waals surface area contributed by atoms with Crippen molar-refractivity contribution in [2.75, 3.05) is 114 Å². The number of amides is 9. The summed E-state index contributed by atoms with van der Waals surface area (Å²) in [6, 6.07) is 1.35. The normalized spacial score (nSPS) is 12.9. The van der Waals surface area contributed by atoms with Crippen LogP contribution in [0.5, 0.6) is 0 Å². The van der Waals surface area contributed by atoms with Gasteiger partial charge in [-0.2, -0.15) is 0 Å². The van der Waals surface area contributed by atoms with Crippen LogP contribution in [0.15, 0.2) is 44.0 Å². The van der Waals surface area contributed by atoms with Gasteiger partial charge in [0.05, 0.1) is 91.2 Å². The van der Waals surface area contributed by atoms with E-state index in [1.807, 2.05) is 181 Å². The van der Waals surface area contributed by atoms with E-state index in [-0.39, 0.29) is 138 Å². The molecule has 102 heavy (non-hydrogen) atoms. The Kier molecular flexibility index (Phi) is 36.6. The Balaban J connectivity index is 2.20. The molecule has 552 valence electrons. The average molecular weight is 2430 g/mol. The van der Waals surface area contributed by atoms with Crippen molar-refractivity contribution in [1.29, 1.82) is 0 Å². The highest BCUT2D eigenvalue weighted by Gasteiger charge is 2.40. The number of ether oxygens (including phenoxy) is 6. The Hall–Kier alpha value is -4.50. The molecule has 1 fully saturated rings. The second-order valence-corrected chi connectivity index (χ2v) is 31.3. The Morgan fingerprint density at radius 3 is 1.01 bits per heavy atom. The molecule has 30 nitrogen and oxygen atoms in total. The maximum atomic E-state index is 16.1. The molecule has 39 heteroatoms. The highest BCUT2D eigenvalue weighted by molar-refractivity contribution is 14.1. The van der Waals surface area contributed by atoms with Crippen LogP contribution in [-0.2, 0) is 71.6 Å². The van der Waals surface area contributed by atoms with E-state index in [1.165, 1.54) is 74.8 Å². The highest BCUT2D eigenvalue weighted by Crippen LogP contribution is 2.41. The molecule has 0 bridgehead atoms. The van der Waals surface area contributed by atoms with Crippen LogP contribution in [0.2, 0.25) is 0 Å². The molecule has 0 spiro atoms. The van der Waals surface area contributed by atoms with E-state index in [0.29, 0.717) is 0 Å². The summed E-state index contributed by atoms with van der Waals surface area (Å²) in [5, 5.41) is 5.36. The maximum absolute atomic E-state index is 16.1. The van der Waals surface area contributed by atoms with Gasteiger partial charge in [-0.1, -0.05) is 18.2 Å². The van der Waals surface area contributed by atoms with Crippen molar-refractivity contribution in [3.05, 3.63) is 106 Å². The third-order valence-corrected chi connectivity index (χ3v) is 23.8. The maximum Gasteiger partial charge on any atom is 0.303 e. The van der Waals surface area contributed by atoms with E-state index in [4.69, 9.17) is 28.4 Å². The number of rotatable bonds is 27. The molecule has 0 aliphatic carbocycles. The van der Waals surface area contributed by atoms with Gasteiger partial charge in [-0.15, -0.1) is 19.7 Å². The number of hydrogen-bond acceptors (Lipinski definition) is 21. The predicted molar refractivity (Wildman–Crippen MR) is 446 cm³/mol. The first-order chi connectivity index (χ1) is 47.7. The molecular weight excluding hydrogens is 2360 g/mol. The summed E-state index contributed by atoms with van der Waals surface area (Å²) in [4.78, 5) is 216. The van der Waals surface area contributed by atoms with Gasteiger partial charge >= 0.3 is 35.8 Å². The van der Waals surface area contributed by atoms with Crippen LogP contribution in [0.4, 0.5) is 17.1 Å². The van der Waals surface area contributed by atoms with Gasteiger partial charge in [0.15, 0.2) is 0 Å². The number of likely N-dealkylation sites (N-methyl/N-ethyl adjacent to an activating group) is 3. The summed E-state index contributed by atoms with van der Waals surface area (Å²) >= 11 is 16.2. The van der Waals surface area contributed by atoms with Crippen molar-refractivity contribution < 1.29 is 100 Å². The van der Waals surface area contributed by atoms with Crippen molar-refractivity contribution in [1.82, 2.24) is 29.4 Å². The van der Waals surface area contributed by atoms with E-state index < -0.39 is 127 Å². The molecule has 1 aliphatic rings. The Morgan fingerprint density at radius 2 is 0.706 bits per heavy atom. The summed E-state index contributed by atoms with van der Waals surface area (Å²) in [6.07, 6.45) is -0.824. The van der Waals surface area contributed by atoms with Crippen molar-refractivity contribution in [2.24, 2.45) is 0 Å². The van der Waals surface area contributed by atoms with Crippen molar-refractivity contribution in [2.45, 2.75) is 59.9 Å². The predicted octanol–water partition coefficient (Wildman–Crippen LogP) is 8.08. The molecule has 3 unspecified atom stereocenters. The molecule has 0 aromatic heterocycles. The highest BCUT2D eigenvalue weighted by atomic mass is 127. The fourth-order valence-electron chi connectivity index (χ4n) is 9.28. The molecule has 3 aromatic carbocycles. The van der Waals surface area contributed by atoms with Crippen LogP contribution in [-0.4, -0.2) is 237 Å². The van der Waals surface area contributed by atoms with E-state index in [0.717, 1.165) is 44.7 Å². The number of carbonyl (C=O) groups excluding carboxylic acids is 15. The van der Waals surface area contributed by atoms with Crippen molar-refractivity contribution in [3.8, 4) is 0 Å². The lowest BCUT2D eigenvalue weighted by Gasteiger charge is -2.30. The summed E-state index contributed by atoms with van der Waals surface area (Å²) in [5.74, 6) is -12.6. The number of nitrogens with one attached hydrogen (secondary N) is 2. The lowest BCUT2D eigenvalue weighted by Crippen LogP contribution is -2.43. The summed E-state index contributed by atoms with van der Waals surface area (Å²) in [5.41, 5.74) is -1.07. The molecule has 3 atom stereocenters. The van der Waals surface area contributed by atoms with Gasteiger partial charge in [0, 0.05) is 132 Å². The molecule has 4 rings (SSSR count). The fourth-order valence-corrected chi connectivity index (χ4v) is 21.5. The molecule has 0 radical (unpaired) electrons. The fraction of sp³-hybridized carbons (Fsp3) is 0.381. The van der Waals surface area contributed by atoms with Gasteiger partial charge in [0.25, 0.3) is 53.2 Å². The molecule has 2 N–H and O–H groups in total. The molecule has 3 aromatic rings. The minimum absolute atomic E-state index is 0.0100. The SMILES string of the molecule is C=CCN(C)C(=O)c1cc(N(I)C(=O)C(COC(C)=O)OC(C)=O)c(I)c(C(=O)N2CCN(C(=O)c3c(I)c(NC(=O)C(COC(C)=O)OC(C)=O)c(I)c(C(=O)N(C)CC=C)c3I)CCN(C(=O)c3c(I)c(NC(=O)C(COC(C)=O)OC(C)=O)c(I)c(C(=O)N(C)CC=C)c3I)CC2)c1I. The van der Waals surface area contributed by atoms with Gasteiger partial charge in [0.2, 0.25) is 18.3 Å². The Bertz CT molecular complexity index is 3780. The molecular formula is C63H66I9N9O21. The second kappa shape index (κ2) is 41.6. The van der Waals surface area contributed by atoms with Gasteiger partial charge in [0.1, 0.15) is 19.8 Å². The topological polar surface area (TPSA) is 358 Å². The molecule has 1 heterocycles. The third-order valence-electron chi connectivity index (χ3n) is 14.1. The molecule has 1 saturated heterocycles. The van der Waals surface area contributed by atoms with Gasteiger partial charge < -0.3 is 68.5 Å². The van der Waals surface area contributed by atoms with Crippen LogP contribution in [0.1, 0.15) is 104 Å². The summed E-state index contributed by atoms with van der Waals surface area (Å²) in [6.45, 7) is 13.3. The first-order valence-electron chi connectivity index (χ1n) is 29.6. The van der Waals surface area contributed by atoms with Crippen LogP contribution in [0.3, 0.4) is 0 Å². The van der Waals surface area contributed by atoms with Crippen LogP contribution in [0, 0.1) is 28.6 Å². The number of halogens is 9. The summed E-state index contributed by atoms with van der Waals surface area (Å²) < 4.78 is 32.6. The first kappa shape index (κ1) is 89.9. The average Bonchev–Trinajstić information content (AvgIpc) is 0.846. The van der Waals surface area contributed by atoms with Gasteiger partial charge in [-0.3, -0.25) is 71.9 Å². The van der Waals surface area contributed by atoms with Gasteiger partial charge in [-0.25, -0.2) is 3.11 Å². The zero-order valence-electron chi connectivity index (χ0n) is 55.8. The lowest BCUT2D eigenvalue weighted by atomic mass is 10.1. The number of benzene rings is 3. The number of anilines is 3. The molecule has 1 aliphatic heterocycles. The van der Waals surface area contributed by atoms with E-state index >= 15 is 14.4 Å². The minimum atomic E-state index is -1.73. The quantitative estimate of drug-likeness (QED) is 0.0239. The molecule has 0 saturated carbocycles. The summed E-state index contributed by atoms with van der Waals surface area (Å²) in [7, 11) is 4.41. The largest absolute Gasteiger partial charge is 0.461 e. The van der Waals surface area contributed by atoms with Crippen LogP contribution in [0.25, 0.3) is 0 Å². The lowest BCUT2D eigenvalue weighted by molar-refractivity contribution is -0.160. The van der Waals surface area contributed by atoms with Gasteiger partial charge in [-0.05, 0) is 187 Å². The zero-order valence-corrected chi connectivity index (χ0v) is 75.2. The smallest absolute Gasteiger partial charge is 0.303 e.